The Hall–Kier alpha value is -2.14. The monoisotopic (exact) mass is 428 g/mol. The SMILES string of the molecule is O=C(CCNC(=O)c1ccc(Br)cc1)NCC1(c2ccccc2)CCCC1. The van der Waals surface area contributed by atoms with Gasteiger partial charge in [-0.2, -0.15) is 0 Å². The second-order valence-electron chi connectivity index (χ2n) is 7.14. The van der Waals surface area contributed by atoms with E-state index in [1.54, 1.807) is 12.1 Å². The van der Waals surface area contributed by atoms with Gasteiger partial charge in [0.2, 0.25) is 5.91 Å². The third-order valence-corrected chi connectivity index (χ3v) is 5.84. The first-order valence-electron chi connectivity index (χ1n) is 9.45. The molecule has 4 nitrogen and oxygen atoms in total. The standard InChI is InChI=1S/C22H25BrN2O2/c23-19-10-8-17(9-11-19)21(27)24-15-12-20(26)25-16-22(13-4-5-14-22)18-6-2-1-3-7-18/h1-3,6-11H,4-5,12-16H2,(H,24,27)(H,25,26). The summed E-state index contributed by atoms with van der Waals surface area (Å²) in [5, 5.41) is 5.89. The predicted molar refractivity (Wildman–Crippen MR) is 111 cm³/mol. The Bertz CT molecular complexity index is 769. The zero-order valence-corrected chi connectivity index (χ0v) is 16.9. The lowest BCUT2D eigenvalue weighted by atomic mass is 9.79. The van der Waals surface area contributed by atoms with Crippen molar-refractivity contribution in [2.45, 2.75) is 37.5 Å². The van der Waals surface area contributed by atoms with Crippen LogP contribution in [0.5, 0.6) is 0 Å². The number of hydrogen-bond acceptors (Lipinski definition) is 2. The van der Waals surface area contributed by atoms with Gasteiger partial charge in [-0.1, -0.05) is 59.1 Å². The van der Waals surface area contributed by atoms with Crippen molar-refractivity contribution in [3.8, 4) is 0 Å². The minimum Gasteiger partial charge on any atom is -0.355 e. The molecule has 2 aromatic carbocycles. The Labute approximate surface area is 168 Å². The van der Waals surface area contributed by atoms with Gasteiger partial charge in [-0.25, -0.2) is 0 Å². The molecule has 2 amide bonds. The van der Waals surface area contributed by atoms with E-state index >= 15 is 0 Å². The highest BCUT2D eigenvalue weighted by Crippen LogP contribution is 2.40. The first-order valence-corrected chi connectivity index (χ1v) is 10.2. The molecule has 1 aliphatic rings. The summed E-state index contributed by atoms with van der Waals surface area (Å²) in [6.07, 6.45) is 4.91. The van der Waals surface area contributed by atoms with Crippen molar-refractivity contribution in [1.82, 2.24) is 10.6 Å². The molecular formula is C22H25BrN2O2. The minimum atomic E-state index is -0.160. The fraction of sp³-hybridized carbons (Fsp3) is 0.364. The molecule has 0 atom stereocenters. The first-order chi connectivity index (χ1) is 13.1. The van der Waals surface area contributed by atoms with Gasteiger partial charge in [-0.15, -0.1) is 0 Å². The van der Waals surface area contributed by atoms with E-state index in [1.165, 1.54) is 18.4 Å². The highest BCUT2D eigenvalue weighted by molar-refractivity contribution is 9.10. The number of hydrogen-bond donors (Lipinski definition) is 2. The van der Waals surface area contributed by atoms with Crippen molar-refractivity contribution >= 4 is 27.7 Å². The predicted octanol–water partition coefficient (Wildman–Crippen LogP) is 4.20. The van der Waals surface area contributed by atoms with Crippen LogP contribution in [0.3, 0.4) is 0 Å². The zero-order valence-electron chi connectivity index (χ0n) is 15.3. The number of halogens is 1. The van der Waals surface area contributed by atoms with Gasteiger partial charge in [0.1, 0.15) is 0 Å². The van der Waals surface area contributed by atoms with Crippen molar-refractivity contribution in [3.05, 3.63) is 70.2 Å². The van der Waals surface area contributed by atoms with E-state index in [1.807, 2.05) is 18.2 Å². The molecule has 1 fully saturated rings. The van der Waals surface area contributed by atoms with Gasteiger partial charge < -0.3 is 10.6 Å². The molecule has 0 aromatic heterocycles. The largest absolute Gasteiger partial charge is 0.355 e. The zero-order chi connectivity index (χ0) is 19.1. The Morgan fingerprint density at radius 2 is 1.59 bits per heavy atom. The maximum atomic E-state index is 12.3. The number of benzene rings is 2. The Morgan fingerprint density at radius 3 is 2.26 bits per heavy atom. The first kappa shape index (κ1) is 19.6. The molecule has 2 aromatic rings. The highest BCUT2D eigenvalue weighted by Gasteiger charge is 2.35. The number of amides is 2. The van der Waals surface area contributed by atoms with E-state index in [9.17, 15) is 9.59 Å². The van der Waals surface area contributed by atoms with Crippen LogP contribution in [0.15, 0.2) is 59.1 Å². The summed E-state index contributed by atoms with van der Waals surface area (Å²) < 4.78 is 0.928. The van der Waals surface area contributed by atoms with Crippen LogP contribution in [0.25, 0.3) is 0 Å². The van der Waals surface area contributed by atoms with E-state index in [0.717, 1.165) is 17.3 Å². The molecule has 3 rings (SSSR count). The molecular weight excluding hydrogens is 404 g/mol. The molecule has 0 spiro atoms. The van der Waals surface area contributed by atoms with Crippen LogP contribution in [0.2, 0.25) is 0 Å². The lowest BCUT2D eigenvalue weighted by molar-refractivity contribution is -0.121. The average Bonchev–Trinajstić information content (AvgIpc) is 3.18. The van der Waals surface area contributed by atoms with Gasteiger partial charge in [0, 0.05) is 35.0 Å². The second-order valence-corrected chi connectivity index (χ2v) is 8.06. The highest BCUT2D eigenvalue weighted by atomic mass is 79.9. The summed E-state index contributed by atoms with van der Waals surface area (Å²) in [7, 11) is 0. The number of carbonyl (C=O) groups excluding carboxylic acids is 2. The van der Waals surface area contributed by atoms with E-state index in [2.05, 4.69) is 50.8 Å². The van der Waals surface area contributed by atoms with Crippen molar-refractivity contribution < 1.29 is 9.59 Å². The van der Waals surface area contributed by atoms with Crippen LogP contribution in [0, 0.1) is 0 Å². The normalized spacial score (nSPS) is 15.3. The fourth-order valence-electron chi connectivity index (χ4n) is 3.76. The molecule has 0 bridgehead atoms. The third kappa shape index (κ3) is 5.19. The van der Waals surface area contributed by atoms with Crippen LogP contribution in [0.1, 0.15) is 48.0 Å². The maximum absolute atomic E-state index is 12.3. The van der Waals surface area contributed by atoms with Crippen LogP contribution in [0.4, 0.5) is 0 Å². The molecule has 5 heteroatoms. The molecule has 2 N–H and O–H groups in total. The van der Waals surface area contributed by atoms with Crippen molar-refractivity contribution in [2.75, 3.05) is 13.1 Å². The van der Waals surface area contributed by atoms with Crippen LogP contribution in [-0.4, -0.2) is 24.9 Å². The summed E-state index contributed by atoms with van der Waals surface area (Å²) in [6.45, 7) is 0.996. The number of carbonyl (C=O) groups is 2. The van der Waals surface area contributed by atoms with Gasteiger partial charge >= 0.3 is 0 Å². The second kappa shape index (κ2) is 9.18. The van der Waals surface area contributed by atoms with E-state index in [-0.39, 0.29) is 23.7 Å². The number of nitrogens with one attached hydrogen (secondary N) is 2. The maximum Gasteiger partial charge on any atom is 0.251 e. The van der Waals surface area contributed by atoms with Gasteiger partial charge in [0.15, 0.2) is 0 Å². The molecule has 0 heterocycles. The minimum absolute atomic E-state index is 0.0201. The van der Waals surface area contributed by atoms with Gasteiger partial charge in [-0.05, 0) is 42.7 Å². The smallest absolute Gasteiger partial charge is 0.251 e. The lowest BCUT2D eigenvalue weighted by Gasteiger charge is -2.30. The molecule has 0 saturated heterocycles. The van der Waals surface area contributed by atoms with Crippen molar-refractivity contribution in [2.24, 2.45) is 0 Å². The lowest BCUT2D eigenvalue weighted by Crippen LogP contribution is -2.40. The third-order valence-electron chi connectivity index (χ3n) is 5.31. The van der Waals surface area contributed by atoms with Crippen molar-refractivity contribution in [3.63, 3.8) is 0 Å². The molecule has 142 valence electrons. The fourth-order valence-corrected chi connectivity index (χ4v) is 4.02. The summed E-state index contributed by atoms with van der Waals surface area (Å²) in [6, 6.07) is 17.6. The molecule has 0 aliphatic heterocycles. The number of rotatable bonds is 7. The van der Waals surface area contributed by atoms with Crippen LogP contribution in [-0.2, 0) is 10.2 Å². The topological polar surface area (TPSA) is 58.2 Å². The molecule has 1 saturated carbocycles. The molecule has 1 aliphatic carbocycles. The Kier molecular flexibility index (Phi) is 6.67. The van der Waals surface area contributed by atoms with Gasteiger partial charge in [0.05, 0.1) is 0 Å². The summed E-state index contributed by atoms with van der Waals surface area (Å²) in [5.41, 5.74) is 1.95. The van der Waals surface area contributed by atoms with Crippen LogP contribution >= 0.6 is 15.9 Å². The molecule has 27 heavy (non-hydrogen) atoms. The average molecular weight is 429 g/mol. The summed E-state index contributed by atoms with van der Waals surface area (Å²) in [5.74, 6) is -0.180. The summed E-state index contributed by atoms with van der Waals surface area (Å²) >= 11 is 3.35. The van der Waals surface area contributed by atoms with Gasteiger partial charge in [0.25, 0.3) is 5.91 Å². The summed E-state index contributed by atoms with van der Waals surface area (Å²) in [4.78, 5) is 24.3. The van der Waals surface area contributed by atoms with E-state index in [0.29, 0.717) is 18.7 Å². The van der Waals surface area contributed by atoms with Crippen molar-refractivity contribution in [1.29, 1.82) is 0 Å². The van der Waals surface area contributed by atoms with E-state index in [4.69, 9.17) is 0 Å². The Morgan fingerprint density at radius 1 is 0.926 bits per heavy atom. The van der Waals surface area contributed by atoms with Gasteiger partial charge in [-0.3, -0.25) is 9.59 Å². The molecule has 0 radical (unpaired) electrons. The molecule has 0 unspecified atom stereocenters. The quantitative estimate of drug-likeness (QED) is 0.693. The van der Waals surface area contributed by atoms with Crippen LogP contribution < -0.4 is 10.6 Å². The van der Waals surface area contributed by atoms with E-state index < -0.39 is 0 Å². The Balaban J connectivity index is 1.46.